The third-order valence-corrected chi connectivity index (χ3v) is 8.31. The van der Waals surface area contributed by atoms with Crippen molar-refractivity contribution in [1.82, 2.24) is 13.8 Å². The smallest absolute Gasteiger partial charge is 0.310 e. The van der Waals surface area contributed by atoms with E-state index in [9.17, 15) is 4.79 Å². The molecule has 0 saturated heterocycles. The fourth-order valence-electron chi connectivity index (χ4n) is 6.88. The third kappa shape index (κ3) is 2.20. The van der Waals surface area contributed by atoms with Gasteiger partial charge in [-0.15, -0.1) is 0 Å². The zero-order valence-electron chi connectivity index (χ0n) is 20.1. The van der Waals surface area contributed by atoms with Crippen LogP contribution >= 0.6 is 0 Å². The first kappa shape index (κ1) is 19.4. The molecule has 5 heteroatoms. The normalized spacial score (nSPS) is 13.1. The van der Waals surface area contributed by atoms with E-state index in [2.05, 4.69) is 101 Å². The van der Waals surface area contributed by atoms with Crippen molar-refractivity contribution in [2.45, 2.75) is 6.92 Å². The molecule has 0 N–H and O–H groups in total. The van der Waals surface area contributed by atoms with Gasteiger partial charge in [0.15, 0.2) is 0 Å². The molecule has 4 heterocycles. The summed E-state index contributed by atoms with van der Waals surface area (Å²) in [5.74, 6) is 0. The summed E-state index contributed by atoms with van der Waals surface area (Å²) in [6, 6.07) is 36.2. The molecule has 0 bridgehead atoms. The number of para-hydroxylation sites is 1. The first-order valence-corrected chi connectivity index (χ1v) is 12.7. The van der Waals surface area contributed by atoms with Gasteiger partial charge < -0.3 is 4.57 Å². The van der Waals surface area contributed by atoms with Crippen LogP contribution in [0.4, 0.5) is 0 Å². The van der Waals surface area contributed by atoms with Crippen LogP contribution in [0, 0.1) is 6.92 Å². The largest absolute Gasteiger partial charge is 0.357 e. The number of nitrogens with zero attached hydrogens (tertiary/aromatic N) is 3. The van der Waals surface area contributed by atoms with Crippen molar-refractivity contribution in [3.63, 3.8) is 0 Å². The molecule has 2 aliphatic heterocycles. The van der Waals surface area contributed by atoms with Gasteiger partial charge in [-0.1, -0.05) is 84.4 Å². The molecule has 9 rings (SSSR count). The molecule has 37 heavy (non-hydrogen) atoms. The Labute approximate surface area is 212 Å². The molecule has 0 radical (unpaired) electrons. The highest BCUT2D eigenvalue weighted by Crippen LogP contribution is 2.38. The molecule has 0 fully saturated rings. The first-order valence-electron chi connectivity index (χ1n) is 12.7. The number of aryl methyl sites for hydroxylation is 1. The summed E-state index contributed by atoms with van der Waals surface area (Å²) in [6.07, 6.45) is 0. The summed E-state index contributed by atoms with van der Waals surface area (Å²) in [5, 5.41) is 3.26. The molecule has 7 aromatic rings. The van der Waals surface area contributed by atoms with Crippen LogP contribution in [0.5, 0.6) is 0 Å². The fraction of sp³-hybridized carbons (Fsp3) is 0.0312. The van der Waals surface area contributed by atoms with E-state index in [1.165, 1.54) is 38.3 Å². The van der Waals surface area contributed by atoms with E-state index in [1.54, 1.807) is 0 Å². The number of aromatic nitrogens is 3. The lowest BCUT2D eigenvalue weighted by Gasteiger charge is -2.24. The molecule has 0 spiro atoms. The molecule has 0 unspecified atom stereocenters. The highest BCUT2D eigenvalue weighted by atomic mass is 16.1. The predicted molar refractivity (Wildman–Crippen MR) is 152 cm³/mol. The molecular formula is C32H20BN3O. The molecule has 2 aliphatic rings. The van der Waals surface area contributed by atoms with Crippen LogP contribution in [0.25, 0.3) is 55.2 Å². The zero-order valence-corrected chi connectivity index (χ0v) is 20.1. The number of fused-ring (bicyclic) bond motifs is 11. The van der Waals surface area contributed by atoms with Crippen LogP contribution in [0.2, 0.25) is 0 Å². The van der Waals surface area contributed by atoms with Crippen molar-refractivity contribution in [2.24, 2.45) is 0 Å². The number of hydrogen-bond acceptors (Lipinski definition) is 1. The van der Waals surface area contributed by atoms with E-state index in [-0.39, 0.29) is 12.4 Å². The summed E-state index contributed by atoms with van der Waals surface area (Å²) in [7, 11) is 0. The Morgan fingerprint density at radius 1 is 0.703 bits per heavy atom. The predicted octanol–water partition coefficient (Wildman–Crippen LogP) is 5.15. The highest BCUT2D eigenvalue weighted by molar-refractivity contribution is 6.88. The van der Waals surface area contributed by atoms with Crippen molar-refractivity contribution in [3.05, 3.63) is 119 Å². The average molecular weight is 473 g/mol. The van der Waals surface area contributed by atoms with Crippen LogP contribution in [-0.2, 0) is 0 Å². The average Bonchev–Trinajstić information content (AvgIpc) is 3.56. The van der Waals surface area contributed by atoms with Gasteiger partial charge in [-0.05, 0) is 47.8 Å². The lowest BCUT2D eigenvalue weighted by atomic mass is 9.49. The molecule has 172 valence electrons. The number of rotatable bonds is 1. The van der Waals surface area contributed by atoms with E-state index in [0.717, 1.165) is 33.4 Å². The minimum absolute atomic E-state index is 0.0563. The Kier molecular flexibility index (Phi) is 3.42. The molecule has 0 amide bonds. The Morgan fingerprint density at radius 2 is 1.49 bits per heavy atom. The van der Waals surface area contributed by atoms with Gasteiger partial charge in [0.25, 0.3) is 5.56 Å². The van der Waals surface area contributed by atoms with Crippen LogP contribution in [-0.4, -0.2) is 20.7 Å². The minimum atomic E-state index is -0.172. The van der Waals surface area contributed by atoms with Gasteiger partial charge in [-0.2, -0.15) is 0 Å². The molecule has 0 atom stereocenters. The Balaban J connectivity index is 1.50. The maximum Gasteiger partial charge on any atom is 0.357 e. The monoisotopic (exact) mass is 473 g/mol. The summed E-state index contributed by atoms with van der Waals surface area (Å²) >= 11 is 0. The van der Waals surface area contributed by atoms with Gasteiger partial charge in [0, 0.05) is 21.9 Å². The molecule has 0 aliphatic carbocycles. The quantitative estimate of drug-likeness (QED) is 0.304. The fourth-order valence-corrected chi connectivity index (χ4v) is 6.88. The van der Waals surface area contributed by atoms with Crippen molar-refractivity contribution in [2.75, 3.05) is 0 Å². The van der Waals surface area contributed by atoms with Gasteiger partial charge >= 0.3 is 6.85 Å². The second-order valence-corrected chi connectivity index (χ2v) is 10.2. The van der Waals surface area contributed by atoms with Crippen LogP contribution in [0.3, 0.4) is 0 Å². The SMILES string of the molecule is Cc1ccc2c(c1)B1c3c(ccc4c5ccccc5n-2c34)-n2c3cccc(-c4ccccc4)c3c(=O)n21. The van der Waals surface area contributed by atoms with E-state index < -0.39 is 0 Å². The van der Waals surface area contributed by atoms with E-state index >= 15 is 0 Å². The Morgan fingerprint density at radius 3 is 2.38 bits per heavy atom. The summed E-state index contributed by atoms with van der Waals surface area (Å²) in [4.78, 5) is 14.4. The summed E-state index contributed by atoms with van der Waals surface area (Å²) in [5.41, 5.74) is 11.3. The van der Waals surface area contributed by atoms with Crippen LogP contribution in [0.15, 0.2) is 108 Å². The van der Waals surface area contributed by atoms with E-state index in [0.29, 0.717) is 0 Å². The Hall–Kier alpha value is -4.77. The first-order chi connectivity index (χ1) is 18.2. The number of benzene rings is 5. The van der Waals surface area contributed by atoms with E-state index in [1.807, 2.05) is 22.8 Å². The van der Waals surface area contributed by atoms with Crippen molar-refractivity contribution < 1.29 is 0 Å². The zero-order chi connectivity index (χ0) is 24.4. The van der Waals surface area contributed by atoms with Crippen LogP contribution in [0.1, 0.15) is 5.56 Å². The van der Waals surface area contributed by atoms with Crippen LogP contribution < -0.4 is 16.5 Å². The maximum atomic E-state index is 14.4. The van der Waals surface area contributed by atoms with Gasteiger partial charge in [-0.25, -0.2) is 0 Å². The van der Waals surface area contributed by atoms with Gasteiger partial charge in [0.05, 0.1) is 27.6 Å². The molecule has 0 saturated carbocycles. The standard InChI is InChI=1S/C32H20BN3O/c1-19-14-16-26-24(18-19)33-30-28(17-15-23-22-10-5-6-12-25(22)34(26)31(23)30)35-27-13-7-11-21(20-8-3-2-4-9-20)29(27)32(37)36(33)35/h2-18H,1H3. The number of hydrogen-bond donors (Lipinski definition) is 0. The lowest BCUT2D eigenvalue weighted by molar-refractivity contribution is 0.830. The van der Waals surface area contributed by atoms with Crippen molar-refractivity contribution in [3.8, 4) is 22.5 Å². The highest BCUT2D eigenvalue weighted by Gasteiger charge is 2.44. The van der Waals surface area contributed by atoms with E-state index in [4.69, 9.17) is 0 Å². The molecular weight excluding hydrogens is 453 g/mol. The van der Waals surface area contributed by atoms with Gasteiger partial charge in [0.2, 0.25) is 0 Å². The topological polar surface area (TPSA) is 31.9 Å². The van der Waals surface area contributed by atoms with Gasteiger partial charge in [0.1, 0.15) is 0 Å². The third-order valence-electron chi connectivity index (χ3n) is 8.31. The lowest BCUT2D eigenvalue weighted by Crippen LogP contribution is -2.53. The molecule has 2 aromatic heterocycles. The van der Waals surface area contributed by atoms with Crippen molar-refractivity contribution >= 4 is 50.5 Å². The Bertz CT molecular complexity index is 2180. The van der Waals surface area contributed by atoms with Gasteiger partial charge in [-0.3, -0.25) is 14.1 Å². The summed E-state index contributed by atoms with van der Waals surface area (Å²) in [6.45, 7) is 1.96. The second kappa shape index (κ2) is 6.51. The van der Waals surface area contributed by atoms with Crippen molar-refractivity contribution in [1.29, 1.82) is 0 Å². The maximum absolute atomic E-state index is 14.4. The summed E-state index contributed by atoms with van der Waals surface area (Å²) < 4.78 is 6.58. The molecule has 5 aromatic carbocycles. The minimum Gasteiger partial charge on any atom is -0.310 e. The second-order valence-electron chi connectivity index (χ2n) is 10.2. The molecule has 4 nitrogen and oxygen atoms in total.